The molecule has 3 N–H and O–H groups in total. The van der Waals surface area contributed by atoms with Crippen LogP contribution in [-0.4, -0.2) is 44.1 Å². The number of nitrogens with one attached hydrogen (secondary N) is 1. The van der Waals surface area contributed by atoms with Crippen molar-refractivity contribution >= 4 is 26.8 Å². The number of fused-ring (bicyclic) bond motifs is 2. The molecule has 34 heavy (non-hydrogen) atoms. The minimum absolute atomic E-state index is 0.141. The largest absolute Gasteiger partial charge is 0.384 e. The van der Waals surface area contributed by atoms with Crippen LogP contribution in [0.5, 0.6) is 0 Å². The molecule has 0 bridgehead atoms. The van der Waals surface area contributed by atoms with Crippen LogP contribution in [0.1, 0.15) is 11.1 Å². The molecule has 3 aliphatic rings. The molecule has 0 saturated carbocycles. The summed E-state index contributed by atoms with van der Waals surface area (Å²) in [6.07, 6.45) is 6.23. The Bertz CT molecular complexity index is 1470. The Kier molecular flexibility index (Phi) is 5.25. The summed E-state index contributed by atoms with van der Waals surface area (Å²) in [5.74, 6) is -1.81. The molecule has 1 aromatic carbocycles. The second-order valence-corrected chi connectivity index (χ2v) is 11.1. The molecule has 0 radical (unpaired) electrons. The molecule has 2 aliphatic heterocycles. The van der Waals surface area contributed by atoms with E-state index in [9.17, 15) is 22.0 Å². The summed E-state index contributed by atoms with van der Waals surface area (Å²) in [5.41, 5.74) is 9.38. The predicted octanol–water partition coefficient (Wildman–Crippen LogP) is 1.77. The molecule has 2 aromatic rings. The molecule has 2 unspecified atom stereocenters. The van der Waals surface area contributed by atoms with Crippen LogP contribution >= 0.6 is 0 Å². The van der Waals surface area contributed by atoms with Crippen molar-refractivity contribution < 1.29 is 17.2 Å². The maximum absolute atomic E-state index is 14.8. The van der Waals surface area contributed by atoms with Gasteiger partial charge in [-0.25, -0.2) is 17.2 Å². The van der Waals surface area contributed by atoms with E-state index in [4.69, 9.17) is 5.73 Å². The molecule has 1 aliphatic carbocycles. The first kappa shape index (κ1) is 22.5. The van der Waals surface area contributed by atoms with Crippen LogP contribution in [0.25, 0.3) is 11.3 Å². The number of hydrogen-bond acceptors (Lipinski definition) is 6. The van der Waals surface area contributed by atoms with Gasteiger partial charge >= 0.3 is 0 Å². The van der Waals surface area contributed by atoms with Gasteiger partial charge in [0.05, 0.1) is 28.7 Å². The Balaban J connectivity index is 1.81. The molecule has 7 nitrogen and oxygen atoms in total. The van der Waals surface area contributed by atoms with Gasteiger partial charge in [0.15, 0.2) is 9.84 Å². The number of aromatic nitrogens is 1. The molecule has 0 amide bonds. The zero-order valence-corrected chi connectivity index (χ0v) is 19.5. The summed E-state index contributed by atoms with van der Waals surface area (Å²) in [5, 5.41) is 3.35. The van der Waals surface area contributed by atoms with Crippen LogP contribution in [0.3, 0.4) is 0 Å². The summed E-state index contributed by atoms with van der Waals surface area (Å²) in [7, 11) is -1.80. The zero-order chi connectivity index (χ0) is 24.4. The Labute approximate surface area is 195 Å². The highest BCUT2D eigenvalue weighted by molar-refractivity contribution is 7.91. The molecule has 0 saturated heterocycles. The molecule has 5 rings (SSSR count). The maximum atomic E-state index is 14.8. The highest BCUT2D eigenvalue weighted by Crippen LogP contribution is 2.45. The lowest BCUT2D eigenvalue weighted by Gasteiger charge is -2.38. The number of pyridine rings is 1. The Morgan fingerprint density at radius 3 is 2.68 bits per heavy atom. The average molecular weight is 487 g/mol. The second-order valence-electron chi connectivity index (χ2n) is 8.96. The van der Waals surface area contributed by atoms with Gasteiger partial charge in [-0.05, 0) is 47.5 Å². The first-order valence-corrected chi connectivity index (χ1v) is 12.9. The molecule has 2 atom stereocenters. The number of hydrogen-bond donors (Lipinski definition) is 2. The number of nitrogens with zero attached hydrogens (tertiary/aromatic N) is 2. The Morgan fingerprint density at radius 2 is 2.00 bits per heavy atom. The van der Waals surface area contributed by atoms with Gasteiger partial charge < -0.3 is 20.5 Å². The van der Waals surface area contributed by atoms with Crippen LogP contribution in [-0.2, 0) is 16.9 Å². The van der Waals surface area contributed by atoms with Gasteiger partial charge in [-0.2, -0.15) is 0 Å². The second kappa shape index (κ2) is 7.92. The normalized spacial score (nSPS) is 21.4. The lowest BCUT2D eigenvalue weighted by molar-refractivity contribution is 0.442. The van der Waals surface area contributed by atoms with E-state index < -0.39 is 27.5 Å². The fraction of sp³-hybridized carbons (Fsp3) is 0.292. The molecule has 3 heterocycles. The van der Waals surface area contributed by atoms with E-state index in [0.717, 1.165) is 17.9 Å². The van der Waals surface area contributed by atoms with Gasteiger partial charge in [-0.3, -0.25) is 4.79 Å². The number of sulfone groups is 1. The van der Waals surface area contributed by atoms with E-state index in [1.54, 1.807) is 36.5 Å². The van der Waals surface area contributed by atoms with Gasteiger partial charge in [0, 0.05) is 49.8 Å². The average Bonchev–Trinajstić information content (AvgIpc) is 3.07. The number of halogens is 2. The fourth-order valence-corrected chi connectivity index (χ4v) is 5.87. The van der Waals surface area contributed by atoms with E-state index in [2.05, 4.69) is 5.32 Å². The molecule has 10 heteroatoms. The third-order valence-corrected chi connectivity index (χ3v) is 7.38. The van der Waals surface area contributed by atoms with Crippen LogP contribution in [0, 0.1) is 17.6 Å². The third kappa shape index (κ3) is 3.57. The third-order valence-electron chi connectivity index (χ3n) is 6.54. The molecule has 178 valence electrons. The van der Waals surface area contributed by atoms with Crippen molar-refractivity contribution in [2.24, 2.45) is 18.7 Å². The van der Waals surface area contributed by atoms with Crippen molar-refractivity contribution in [1.29, 1.82) is 0 Å². The van der Waals surface area contributed by atoms with Gasteiger partial charge in [-0.1, -0.05) is 0 Å². The SMILES string of the molecule is Cn1ccc2c(c1=O)C1=C3C(=CN(c4ccc(F)cc4F)C3C(CN)CN1)C=C2CS(C)(=O)=O. The lowest BCUT2D eigenvalue weighted by Crippen LogP contribution is -2.48. The Morgan fingerprint density at radius 1 is 1.24 bits per heavy atom. The van der Waals surface area contributed by atoms with Gasteiger partial charge in [0.25, 0.3) is 5.56 Å². The van der Waals surface area contributed by atoms with E-state index in [1.807, 2.05) is 0 Å². The predicted molar refractivity (Wildman–Crippen MR) is 128 cm³/mol. The highest BCUT2D eigenvalue weighted by atomic mass is 32.2. The molecular formula is C24H24F2N4O3S. The van der Waals surface area contributed by atoms with E-state index in [0.29, 0.717) is 34.5 Å². The number of nitrogens with two attached hydrogens (primary N) is 1. The monoisotopic (exact) mass is 486 g/mol. The van der Waals surface area contributed by atoms with Crippen molar-refractivity contribution in [3.8, 4) is 0 Å². The van der Waals surface area contributed by atoms with E-state index in [-0.39, 0.29) is 29.5 Å². The van der Waals surface area contributed by atoms with Crippen LogP contribution in [0.4, 0.5) is 14.5 Å². The number of allylic oxidation sites excluding steroid dienone is 1. The minimum atomic E-state index is -3.43. The topological polar surface area (TPSA) is 97.4 Å². The highest BCUT2D eigenvalue weighted by Gasteiger charge is 2.43. The number of rotatable bonds is 4. The summed E-state index contributed by atoms with van der Waals surface area (Å²) >= 11 is 0. The van der Waals surface area contributed by atoms with E-state index in [1.165, 1.54) is 16.7 Å². The van der Waals surface area contributed by atoms with Crippen molar-refractivity contribution in [3.63, 3.8) is 0 Å². The number of aryl methyl sites for hydroxylation is 1. The summed E-state index contributed by atoms with van der Waals surface area (Å²) in [6.45, 7) is 0.716. The summed E-state index contributed by atoms with van der Waals surface area (Å²) in [4.78, 5) is 15.0. The zero-order valence-electron chi connectivity index (χ0n) is 18.7. The lowest BCUT2D eigenvalue weighted by atomic mass is 9.84. The molecular weight excluding hydrogens is 462 g/mol. The van der Waals surface area contributed by atoms with Crippen LogP contribution < -0.4 is 21.5 Å². The number of benzene rings is 1. The van der Waals surface area contributed by atoms with Crippen molar-refractivity contribution in [3.05, 3.63) is 87.0 Å². The van der Waals surface area contributed by atoms with Gasteiger partial charge in [0.2, 0.25) is 0 Å². The van der Waals surface area contributed by atoms with Gasteiger partial charge in [0.1, 0.15) is 11.6 Å². The summed E-state index contributed by atoms with van der Waals surface area (Å²) < 4.78 is 54.4. The first-order valence-electron chi connectivity index (χ1n) is 10.8. The van der Waals surface area contributed by atoms with E-state index >= 15 is 0 Å². The number of anilines is 1. The van der Waals surface area contributed by atoms with Crippen molar-refractivity contribution in [2.75, 3.05) is 30.0 Å². The fourth-order valence-electron chi connectivity index (χ4n) is 5.07. The standard InChI is InChI=1S/C24H24F2N4O3S/c1-29-6-5-17-14(12-34(2,32)33)7-13-11-30(19-4-3-16(25)8-18(19)26)23-15(9-27)10-28-22(20(13)23)21(17)24(29)31/h3-8,11,15,23,28H,9-10,12,27H2,1-2H3. The van der Waals surface area contributed by atoms with Crippen molar-refractivity contribution in [1.82, 2.24) is 9.88 Å². The summed E-state index contributed by atoms with van der Waals surface area (Å²) in [6, 6.07) is 4.71. The first-order chi connectivity index (χ1) is 16.1. The molecule has 0 fully saturated rings. The molecule has 0 spiro atoms. The maximum Gasteiger partial charge on any atom is 0.260 e. The Hall–Kier alpha value is -3.24. The molecule has 1 aromatic heterocycles. The minimum Gasteiger partial charge on any atom is -0.384 e. The quantitative estimate of drug-likeness (QED) is 0.684. The van der Waals surface area contributed by atoms with Gasteiger partial charge in [-0.15, -0.1) is 0 Å². The van der Waals surface area contributed by atoms with Crippen LogP contribution in [0.15, 0.2) is 58.7 Å². The van der Waals surface area contributed by atoms with Crippen molar-refractivity contribution in [2.45, 2.75) is 6.04 Å². The smallest absolute Gasteiger partial charge is 0.260 e. The van der Waals surface area contributed by atoms with Crippen LogP contribution in [0.2, 0.25) is 0 Å².